The minimum atomic E-state index is 0.0738. The summed E-state index contributed by atoms with van der Waals surface area (Å²) in [5, 5.41) is 3.18. The van der Waals surface area contributed by atoms with Crippen molar-refractivity contribution in [3.05, 3.63) is 28.7 Å². The molecule has 5 heteroatoms. The van der Waals surface area contributed by atoms with Crippen LogP contribution in [0.25, 0.3) is 0 Å². The summed E-state index contributed by atoms with van der Waals surface area (Å²) in [5.74, 6) is 0.460. The summed E-state index contributed by atoms with van der Waals surface area (Å²) in [6.07, 6.45) is 0. The van der Waals surface area contributed by atoms with Crippen LogP contribution in [0.2, 0.25) is 0 Å². The lowest BCUT2D eigenvalue weighted by Gasteiger charge is -2.38. The maximum Gasteiger partial charge on any atom is 0.324 e. The lowest BCUT2D eigenvalue weighted by Crippen LogP contribution is -2.53. The van der Waals surface area contributed by atoms with E-state index in [4.69, 9.17) is 0 Å². The Morgan fingerprint density at radius 3 is 2.61 bits per heavy atom. The lowest BCUT2D eigenvalue weighted by molar-refractivity contribution is 0.192. The first-order valence-corrected chi connectivity index (χ1v) is 6.84. The number of carbonyl (C=O) groups excluding carboxylic acids is 1. The summed E-state index contributed by atoms with van der Waals surface area (Å²) >= 11 is 3.41. The van der Waals surface area contributed by atoms with Gasteiger partial charge in [0.15, 0.2) is 0 Å². The molecule has 4 nitrogen and oxygen atoms in total. The van der Waals surface area contributed by atoms with Gasteiger partial charge in [-0.15, -0.1) is 0 Å². The van der Waals surface area contributed by atoms with Crippen molar-refractivity contribution in [3.8, 4) is 0 Å². The van der Waals surface area contributed by atoms with Crippen molar-refractivity contribution in [1.29, 1.82) is 0 Å². The van der Waals surface area contributed by atoms with Gasteiger partial charge in [-0.2, -0.15) is 0 Å². The minimum Gasteiger partial charge on any atom is -0.327 e. The summed E-state index contributed by atoms with van der Waals surface area (Å²) < 4.78 is 1.02. The van der Waals surface area contributed by atoms with Crippen LogP contribution in [-0.2, 0) is 0 Å². The van der Waals surface area contributed by atoms with Crippen molar-refractivity contribution in [2.24, 2.45) is 5.92 Å². The summed E-state index contributed by atoms with van der Waals surface area (Å²) in [4.78, 5) is 15.8. The highest BCUT2D eigenvalue weighted by atomic mass is 79.9. The standard InChI is InChI=1S/C13H18BrN3O/c1-15-7-10-8-16(2)13(18)17(9-10)12-5-3-11(14)4-6-12/h3-6,10,15H,7-9H2,1-2H3. The van der Waals surface area contributed by atoms with Crippen molar-refractivity contribution in [3.63, 3.8) is 0 Å². The predicted octanol–water partition coefficient (Wildman–Crippen LogP) is 2.16. The third kappa shape index (κ3) is 2.84. The second-order valence-electron chi connectivity index (χ2n) is 4.67. The van der Waals surface area contributed by atoms with Gasteiger partial charge in [0.05, 0.1) is 0 Å². The topological polar surface area (TPSA) is 35.6 Å². The van der Waals surface area contributed by atoms with Crippen molar-refractivity contribution >= 4 is 27.6 Å². The highest BCUT2D eigenvalue weighted by Gasteiger charge is 2.29. The van der Waals surface area contributed by atoms with Crippen molar-refractivity contribution in [1.82, 2.24) is 10.2 Å². The molecule has 1 fully saturated rings. The second-order valence-corrected chi connectivity index (χ2v) is 5.59. The molecule has 1 saturated heterocycles. The summed E-state index contributed by atoms with van der Waals surface area (Å²) in [7, 11) is 3.80. The first-order valence-electron chi connectivity index (χ1n) is 6.04. The van der Waals surface area contributed by atoms with E-state index in [-0.39, 0.29) is 6.03 Å². The Labute approximate surface area is 116 Å². The smallest absolute Gasteiger partial charge is 0.324 e. The van der Waals surface area contributed by atoms with Crippen LogP contribution in [0, 0.1) is 5.92 Å². The van der Waals surface area contributed by atoms with Gasteiger partial charge in [-0.05, 0) is 31.3 Å². The summed E-state index contributed by atoms with van der Waals surface area (Å²) in [5.41, 5.74) is 0.954. The molecule has 0 spiro atoms. The van der Waals surface area contributed by atoms with Gasteiger partial charge in [0, 0.05) is 42.8 Å². The number of urea groups is 1. The Morgan fingerprint density at radius 1 is 1.33 bits per heavy atom. The van der Waals surface area contributed by atoms with Gasteiger partial charge in [0.1, 0.15) is 0 Å². The first kappa shape index (κ1) is 13.4. The van der Waals surface area contributed by atoms with E-state index < -0.39 is 0 Å². The number of halogens is 1. The van der Waals surface area contributed by atoms with Crippen LogP contribution in [0.3, 0.4) is 0 Å². The fourth-order valence-corrected chi connectivity index (χ4v) is 2.58. The third-order valence-corrected chi connectivity index (χ3v) is 3.69. The molecule has 1 aromatic carbocycles. The molecule has 1 aliphatic rings. The molecule has 0 aromatic heterocycles. The number of amides is 2. The number of benzene rings is 1. The van der Waals surface area contributed by atoms with Crippen LogP contribution >= 0.6 is 15.9 Å². The normalized spacial score (nSPS) is 20.4. The van der Waals surface area contributed by atoms with Crippen LogP contribution < -0.4 is 10.2 Å². The van der Waals surface area contributed by atoms with Gasteiger partial charge in [-0.25, -0.2) is 4.79 Å². The number of hydrogen-bond donors (Lipinski definition) is 1. The second kappa shape index (κ2) is 5.71. The SMILES string of the molecule is CNCC1CN(C)C(=O)N(c2ccc(Br)cc2)C1. The van der Waals surface area contributed by atoms with E-state index in [1.54, 1.807) is 4.90 Å². The Kier molecular flexibility index (Phi) is 4.24. The molecule has 1 aromatic rings. The Bertz CT molecular complexity index is 421. The molecular weight excluding hydrogens is 294 g/mol. The molecule has 1 heterocycles. The number of hydrogen-bond acceptors (Lipinski definition) is 2. The van der Waals surface area contributed by atoms with E-state index in [2.05, 4.69) is 21.2 Å². The molecule has 0 saturated carbocycles. The molecule has 2 amide bonds. The quantitative estimate of drug-likeness (QED) is 0.928. The number of nitrogens with one attached hydrogen (secondary N) is 1. The molecule has 1 N–H and O–H groups in total. The van der Waals surface area contributed by atoms with Crippen LogP contribution in [0.15, 0.2) is 28.7 Å². The van der Waals surface area contributed by atoms with Crippen LogP contribution in [-0.4, -0.2) is 44.7 Å². The highest BCUT2D eigenvalue weighted by Crippen LogP contribution is 2.23. The molecular formula is C13H18BrN3O. The van der Waals surface area contributed by atoms with Gasteiger partial charge >= 0.3 is 6.03 Å². The van der Waals surface area contributed by atoms with Gasteiger partial charge in [-0.3, -0.25) is 4.90 Å². The predicted molar refractivity (Wildman–Crippen MR) is 76.9 cm³/mol. The summed E-state index contributed by atoms with van der Waals surface area (Å²) in [6.45, 7) is 2.50. The highest BCUT2D eigenvalue weighted by molar-refractivity contribution is 9.10. The monoisotopic (exact) mass is 311 g/mol. The first-order chi connectivity index (χ1) is 8.61. The van der Waals surface area contributed by atoms with Crippen LogP contribution in [0.1, 0.15) is 0 Å². The van der Waals surface area contributed by atoms with E-state index in [1.807, 2.05) is 43.3 Å². The van der Waals surface area contributed by atoms with Gasteiger partial charge in [-0.1, -0.05) is 15.9 Å². The Balaban J connectivity index is 2.18. The minimum absolute atomic E-state index is 0.0738. The number of anilines is 1. The zero-order valence-electron chi connectivity index (χ0n) is 10.7. The zero-order chi connectivity index (χ0) is 13.1. The molecule has 0 bridgehead atoms. The molecule has 2 rings (SSSR count). The van der Waals surface area contributed by atoms with Crippen molar-refractivity contribution in [2.45, 2.75) is 0 Å². The fourth-order valence-electron chi connectivity index (χ4n) is 2.32. The number of rotatable bonds is 3. The fraction of sp³-hybridized carbons (Fsp3) is 0.462. The number of carbonyl (C=O) groups is 1. The lowest BCUT2D eigenvalue weighted by atomic mass is 10.1. The molecule has 1 unspecified atom stereocenters. The van der Waals surface area contributed by atoms with Crippen LogP contribution in [0.4, 0.5) is 10.5 Å². The molecule has 18 heavy (non-hydrogen) atoms. The average Bonchev–Trinajstić information content (AvgIpc) is 2.35. The number of nitrogens with zero attached hydrogens (tertiary/aromatic N) is 2. The van der Waals surface area contributed by atoms with E-state index in [1.165, 1.54) is 0 Å². The zero-order valence-corrected chi connectivity index (χ0v) is 12.3. The van der Waals surface area contributed by atoms with Gasteiger partial charge in [0.25, 0.3) is 0 Å². The maximum atomic E-state index is 12.2. The molecule has 0 radical (unpaired) electrons. The van der Waals surface area contributed by atoms with E-state index in [0.29, 0.717) is 5.92 Å². The maximum absolute atomic E-state index is 12.2. The van der Waals surface area contributed by atoms with Crippen molar-refractivity contribution < 1.29 is 4.79 Å². The van der Waals surface area contributed by atoms with E-state index in [0.717, 1.165) is 29.8 Å². The van der Waals surface area contributed by atoms with E-state index >= 15 is 0 Å². The summed E-state index contributed by atoms with van der Waals surface area (Å²) in [6, 6.07) is 7.94. The molecule has 1 atom stereocenters. The largest absolute Gasteiger partial charge is 0.327 e. The molecule has 1 aliphatic heterocycles. The third-order valence-electron chi connectivity index (χ3n) is 3.16. The van der Waals surface area contributed by atoms with Gasteiger partial charge < -0.3 is 10.2 Å². The Hall–Kier alpha value is -1.07. The van der Waals surface area contributed by atoms with E-state index in [9.17, 15) is 4.79 Å². The van der Waals surface area contributed by atoms with Crippen LogP contribution in [0.5, 0.6) is 0 Å². The molecule has 98 valence electrons. The van der Waals surface area contributed by atoms with Gasteiger partial charge in [0.2, 0.25) is 0 Å². The Morgan fingerprint density at radius 2 is 2.00 bits per heavy atom. The molecule has 0 aliphatic carbocycles. The van der Waals surface area contributed by atoms with Crippen molar-refractivity contribution in [2.75, 3.05) is 38.6 Å². The average molecular weight is 312 g/mol.